The van der Waals surface area contributed by atoms with Crippen molar-refractivity contribution < 1.29 is 13.3 Å². The number of fused-ring (bicyclic) bond motifs is 9. The first-order valence-electron chi connectivity index (χ1n) is 17.2. The van der Waals surface area contributed by atoms with Gasteiger partial charge >= 0.3 is 0 Å². The van der Waals surface area contributed by atoms with Crippen molar-refractivity contribution in [3.05, 3.63) is 168 Å². The van der Waals surface area contributed by atoms with E-state index in [-0.39, 0.29) is 6.17 Å². The van der Waals surface area contributed by atoms with Gasteiger partial charge in [0.1, 0.15) is 33.5 Å². The lowest BCUT2D eigenvalue weighted by atomic mass is 10.0. The van der Waals surface area contributed by atoms with Gasteiger partial charge in [0.05, 0.1) is 12.3 Å². The summed E-state index contributed by atoms with van der Waals surface area (Å²) in [5, 5.41) is 13.9. The molecule has 2 atom stereocenters. The maximum atomic E-state index is 7.01. The Morgan fingerprint density at radius 1 is 0.451 bits per heavy atom. The Balaban J connectivity index is 1.05. The van der Waals surface area contributed by atoms with Crippen molar-refractivity contribution in [1.82, 2.24) is 10.6 Å². The largest absolute Gasteiger partial charge is 0.456 e. The van der Waals surface area contributed by atoms with Gasteiger partial charge in [-0.25, -0.2) is 0 Å². The van der Waals surface area contributed by atoms with Crippen LogP contribution in [0.3, 0.4) is 0 Å². The van der Waals surface area contributed by atoms with Crippen LogP contribution < -0.4 is 16.4 Å². The summed E-state index contributed by atoms with van der Waals surface area (Å²) in [5.41, 5.74) is 17.2. The summed E-state index contributed by atoms with van der Waals surface area (Å²) in [5.74, 6) is 0. The van der Waals surface area contributed by atoms with Crippen LogP contribution in [0.1, 0.15) is 29.0 Å². The molecule has 0 saturated carbocycles. The first kappa shape index (κ1) is 29.7. The number of rotatable bonds is 8. The van der Waals surface area contributed by atoms with E-state index in [0.29, 0.717) is 6.54 Å². The molecular weight excluding hydrogens is 631 g/mol. The lowest BCUT2D eigenvalue weighted by Gasteiger charge is -2.25. The van der Waals surface area contributed by atoms with Crippen LogP contribution in [-0.2, 0) is 6.54 Å². The summed E-state index contributed by atoms with van der Waals surface area (Å²) >= 11 is 0. The Hall–Kier alpha value is -6.18. The minimum atomic E-state index is -0.540. The Morgan fingerprint density at radius 2 is 1.02 bits per heavy atom. The van der Waals surface area contributed by atoms with Crippen molar-refractivity contribution in [2.75, 3.05) is 0 Å². The van der Waals surface area contributed by atoms with Crippen molar-refractivity contribution in [2.24, 2.45) is 5.73 Å². The lowest BCUT2D eigenvalue weighted by Crippen LogP contribution is -2.40. The maximum absolute atomic E-state index is 7.01. The van der Waals surface area contributed by atoms with Crippen molar-refractivity contribution >= 4 is 65.8 Å². The highest BCUT2D eigenvalue weighted by Crippen LogP contribution is 2.38. The smallest absolute Gasteiger partial charge is 0.141 e. The summed E-state index contributed by atoms with van der Waals surface area (Å²) in [6.07, 6.45) is -0.888. The first-order valence-corrected chi connectivity index (χ1v) is 17.2. The number of nitrogens with one attached hydrogen (secondary N) is 2. The van der Waals surface area contributed by atoms with E-state index in [0.717, 1.165) is 88.1 Å². The van der Waals surface area contributed by atoms with Crippen LogP contribution >= 0.6 is 0 Å². The fraction of sp³-hybridized carbons (Fsp3) is 0.0667. The molecule has 0 aliphatic heterocycles. The average Bonchev–Trinajstić information content (AvgIpc) is 3.87. The van der Waals surface area contributed by atoms with Crippen molar-refractivity contribution in [3.63, 3.8) is 0 Å². The molecule has 0 fully saturated rings. The van der Waals surface area contributed by atoms with Crippen molar-refractivity contribution in [3.8, 4) is 11.1 Å². The van der Waals surface area contributed by atoms with E-state index in [1.54, 1.807) is 0 Å². The van der Waals surface area contributed by atoms with Gasteiger partial charge in [-0.1, -0.05) is 115 Å². The van der Waals surface area contributed by atoms with E-state index >= 15 is 0 Å². The molecule has 2 unspecified atom stereocenters. The van der Waals surface area contributed by atoms with Crippen LogP contribution in [0.5, 0.6) is 0 Å². The number of hydrogen-bond acceptors (Lipinski definition) is 6. The van der Waals surface area contributed by atoms with Crippen LogP contribution in [0.2, 0.25) is 0 Å². The van der Waals surface area contributed by atoms with Gasteiger partial charge in [-0.15, -0.1) is 0 Å². The first-order chi connectivity index (χ1) is 25.2. The van der Waals surface area contributed by atoms with E-state index < -0.39 is 6.17 Å². The van der Waals surface area contributed by atoms with Crippen LogP contribution in [0.15, 0.2) is 165 Å². The second-order valence-electron chi connectivity index (χ2n) is 13.1. The molecule has 3 aromatic heterocycles. The molecule has 0 aliphatic rings. The normalized spacial score (nSPS) is 13.3. The van der Waals surface area contributed by atoms with Crippen molar-refractivity contribution in [1.29, 1.82) is 0 Å². The summed E-state index contributed by atoms with van der Waals surface area (Å²) in [4.78, 5) is 0. The summed E-state index contributed by atoms with van der Waals surface area (Å²) in [6.45, 7) is 0.630. The Bertz CT molecular complexity index is 2880. The Labute approximate surface area is 293 Å². The lowest BCUT2D eigenvalue weighted by molar-refractivity contribution is 0.384. The Morgan fingerprint density at radius 3 is 1.82 bits per heavy atom. The molecule has 0 bridgehead atoms. The molecule has 10 aromatic rings. The van der Waals surface area contributed by atoms with Gasteiger partial charge in [0, 0.05) is 50.0 Å². The second kappa shape index (κ2) is 12.0. The molecule has 6 nitrogen and oxygen atoms in total. The fourth-order valence-corrected chi connectivity index (χ4v) is 7.49. The van der Waals surface area contributed by atoms with Crippen LogP contribution in [-0.4, -0.2) is 0 Å². The van der Waals surface area contributed by atoms with Gasteiger partial charge in [0.25, 0.3) is 0 Å². The second-order valence-corrected chi connectivity index (χ2v) is 13.1. The highest BCUT2D eigenvalue weighted by Gasteiger charge is 2.23. The number of nitrogens with two attached hydrogens (primary N) is 1. The molecule has 0 aliphatic carbocycles. The van der Waals surface area contributed by atoms with E-state index in [1.807, 2.05) is 54.6 Å². The Kier molecular flexibility index (Phi) is 6.99. The topological polar surface area (TPSA) is 89.5 Å². The zero-order chi connectivity index (χ0) is 33.9. The van der Waals surface area contributed by atoms with E-state index in [4.69, 9.17) is 19.0 Å². The third-order valence-corrected chi connectivity index (χ3v) is 10.0. The van der Waals surface area contributed by atoms with Gasteiger partial charge < -0.3 is 19.0 Å². The third-order valence-electron chi connectivity index (χ3n) is 10.0. The zero-order valence-corrected chi connectivity index (χ0v) is 27.6. The van der Waals surface area contributed by atoms with E-state index in [1.165, 1.54) is 5.56 Å². The average molecular weight is 664 g/mol. The monoisotopic (exact) mass is 663 g/mol. The quantitative estimate of drug-likeness (QED) is 0.140. The highest BCUT2D eigenvalue weighted by molar-refractivity contribution is 6.09. The maximum Gasteiger partial charge on any atom is 0.141 e. The summed E-state index contributed by atoms with van der Waals surface area (Å²) < 4.78 is 19.2. The molecule has 0 saturated heterocycles. The molecule has 51 heavy (non-hydrogen) atoms. The molecular formula is C45H33N3O3. The number of para-hydroxylation sites is 4. The van der Waals surface area contributed by atoms with Crippen LogP contribution in [0.4, 0.5) is 0 Å². The van der Waals surface area contributed by atoms with Gasteiger partial charge in [0.15, 0.2) is 0 Å². The van der Waals surface area contributed by atoms with Gasteiger partial charge in [-0.05, 0) is 53.1 Å². The van der Waals surface area contributed by atoms with E-state index in [9.17, 15) is 0 Å². The summed E-state index contributed by atoms with van der Waals surface area (Å²) in [7, 11) is 0. The minimum absolute atomic E-state index is 0.348. The molecule has 0 amide bonds. The zero-order valence-electron chi connectivity index (χ0n) is 27.6. The highest BCUT2D eigenvalue weighted by atomic mass is 16.3. The van der Waals surface area contributed by atoms with Crippen LogP contribution in [0, 0.1) is 0 Å². The number of hydrogen-bond donors (Lipinski definition) is 3. The van der Waals surface area contributed by atoms with Gasteiger partial charge in [-0.3, -0.25) is 10.6 Å². The molecule has 10 rings (SSSR count). The molecule has 7 aromatic carbocycles. The predicted molar refractivity (Wildman–Crippen MR) is 206 cm³/mol. The third kappa shape index (κ3) is 5.08. The van der Waals surface area contributed by atoms with Gasteiger partial charge in [-0.2, -0.15) is 0 Å². The molecule has 0 spiro atoms. The number of furan rings is 3. The molecule has 246 valence electrons. The standard InChI is InChI=1S/C45H33N3O3/c46-44(35-16-8-14-33-31-13-5-7-19-39(31)50-42(33)35)48-45(47-26-27-10-2-1-3-11-27)36-17-9-15-34-37-24-28(21-23-40(37)51-43(34)36)29-20-22-32-30-12-4-6-18-38(30)49-41(32)25-29/h1-25,44-45,47-48H,26,46H2. The van der Waals surface area contributed by atoms with Crippen LogP contribution in [0.25, 0.3) is 76.9 Å². The SMILES string of the molecule is NC(NC(NCc1ccccc1)c1cccc2c1oc1ccc(-c3ccc4c(c3)oc3ccccc34)cc12)c1cccc2c1oc1ccccc12. The predicted octanol–water partition coefficient (Wildman–Crippen LogP) is 11.1. The summed E-state index contributed by atoms with van der Waals surface area (Å²) in [6, 6.07) is 51.9. The van der Waals surface area contributed by atoms with E-state index in [2.05, 4.69) is 108 Å². The minimum Gasteiger partial charge on any atom is -0.456 e. The fourth-order valence-electron chi connectivity index (χ4n) is 7.49. The number of benzene rings is 7. The molecule has 6 heteroatoms. The molecule has 4 N–H and O–H groups in total. The van der Waals surface area contributed by atoms with Crippen molar-refractivity contribution in [2.45, 2.75) is 18.9 Å². The molecule has 0 radical (unpaired) electrons. The molecule has 3 heterocycles. The van der Waals surface area contributed by atoms with Gasteiger partial charge in [0.2, 0.25) is 0 Å².